The molecule has 96 valence electrons. The molecule has 0 saturated heterocycles. The van der Waals surface area contributed by atoms with E-state index >= 15 is 0 Å². The Hall–Kier alpha value is -1.45. The second-order valence-electron chi connectivity index (χ2n) is 4.87. The van der Waals surface area contributed by atoms with Crippen molar-refractivity contribution in [1.82, 2.24) is 10.4 Å². The number of aromatic nitrogens is 1. The Bertz CT molecular complexity index is 510. The third-order valence-electron chi connectivity index (χ3n) is 3.46. The molecule has 2 rings (SSSR count). The monoisotopic (exact) mass is 243 g/mol. The van der Waals surface area contributed by atoms with Crippen LogP contribution in [0.15, 0.2) is 36.5 Å². The van der Waals surface area contributed by atoms with Gasteiger partial charge in [-0.15, -0.1) is 0 Å². The van der Waals surface area contributed by atoms with E-state index in [1.807, 2.05) is 24.4 Å². The van der Waals surface area contributed by atoms with Crippen LogP contribution in [-0.2, 0) is 0 Å². The first kappa shape index (κ1) is 13.0. The highest BCUT2D eigenvalue weighted by atomic mass is 15.2. The van der Waals surface area contributed by atoms with E-state index in [1.165, 1.54) is 11.8 Å². The number of para-hydroxylation sites is 1. The van der Waals surface area contributed by atoms with Crippen molar-refractivity contribution in [2.45, 2.75) is 32.7 Å². The molecule has 0 radical (unpaired) electrons. The van der Waals surface area contributed by atoms with Crippen LogP contribution in [0.2, 0.25) is 0 Å². The molecule has 2 unspecified atom stereocenters. The molecule has 2 atom stereocenters. The van der Waals surface area contributed by atoms with Crippen molar-refractivity contribution in [3.8, 4) is 0 Å². The Balaban J connectivity index is 2.33. The number of fused-ring (bicyclic) bond motifs is 1. The third-order valence-corrected chi connectivity index (χ3v) is 3.46. The maximum Gasteiger partial charge on any atom is 0.0702 e. The van der Waals surface area contributed by atoms with Gasteiger partial charge in [-0.05, 0) is 30.0 Å². The lowest BCUT2D eigenvalue weighted by atomic mass is 9.92. The zero-order valence-corrected chi connectivity index (χ0v) is 11.1. The number of nitrogens with zero attached hydrogens (tertiary/aromatic N) is 1. The molecule has 0 bridgehead atoms. The van der Waals surface area contributed by atoms with Gasteiger partial charge in [0.15, 0.2) is 0 Å². The van der Waals surface area contributed by atoms with E-state index < -0.39 is 0 Å². The lowest BCUT2D eigenvalue weighted by Gasteiger charge is -2.23. The number of hydrogen-bond acceptors (Lipinski definition) is 3. The van der Waals surface area contributed by atoms with Gasteiger partial charge in [0.25, 0.3) is 0 Å². The second-order valence-corrected chi connectivity index (χ2v) is 4.87. The topological polar surface area (TPSA) is 50.9 Å². The fourth-order valence-electron chi connectivity index (χ4n) is 2.47. The number of benzene rings is 1. The summed E-state index contributed by atoms with van der Waals surface area (Å²) < 4.78 is 0. The van der Waals surface area contributed by atoms with E-state index in [2.05, 4.69) is 36.4 Å². The van der Waals surface area contributed by atoms with Gasteiger partial charge in [-0.2, -0.15) is 0 Å². The van der Waals surface area contributed by atoms with Crippen molar-refractivity contribution in [2.24, 2.45) is 11.8 Å². The van der Waals surface area contributed by atoms with E-state index in [4.69, 9.17) is 5.84 Å². The highest BCUT2D eigenvalue weighted by molar-refractivity contribution is 5.78. The highest BCUT2D eigenvalue weighted by Crippen LogP contribution is 2.26. The average molecular weight is 243 g/mol. The minimum absolute atomic E-state index is 0.169. The maximum atomic E-state index is 5.70. The summed E-state index contributed by atoms with van der Waals surface area (Å²) in [4.78, 5) is 4.50. The first-order valence-electron chi connectivity index (χ1n) is 6.57. The van der Waals surface area contributed by atoms with Gasteiger partial charge >= 0.3 is 0 Å². The van der Waals surface area contributed by atoms with Gasteiger partial charge in [0, 0.05) is 11.6 Å². The zero-order chi connectivity index (χ0) is 13.0. The Kier molecular flexibility index (Phi) is 4.28. The van der Waals surface area contributed by atoms with Crippen LogP contribution >= 0.6 is 0 Å². The van der Waals surface area contributed by atoms with Crippen LogP contribution in [0.5, 0.6) is 0 Å². The summed E-state index contributed by atoms with van der Waals surface area (Å²) in [6, 6.07) is 10.5. The van der Waals surface area contributed by atoms with Gasteiger partial charge in [0.2, 0.25) is 0 Å². The summed E-state index contributed by atoms with van der Waals surface area (Å²) in [5, 5.41) is 1.17. The first-order valence-corrected chi connectivity index (χ1v) is 6.57. The minimum atomic E-state index is 0.169. The molecule has 0 spiro atoms. The van der Waals surface area contributed by atoms with Crippen LogP contribution in [0.3, 0.4) is 0 Å². The van der Waals surface area contributed by atoms with Gasteiger partial charge < -0.3 is 0 Å². The van der Waals surface area contributed by atoms with Crippen molar-refractivity contribution >= 4 is 10.9 Å². The fourth-order valence-corrected chi connectivity index (χ4v) is 2.47. The normalized spacial score (nSPS) is 14.6. The molecule has 1 heterocycles. The predicted molar refractivity (Wildman–Crippen MR) is 75.9 cm³/mol. The summed E-state index contributed by atoms with van der Waals surface area (Å²) in [7, 11) is 0. The van der Waals surface area contributed by atoms with Crippen LogP contribution in [-0.4, -0.2) is 4.98 Å². The van der Waals surface area contributed by atoms with Crippen molar-refractivity contribution in [1.29, 1.82) is 0 Å². The smallest absolute Gasteiger partial charge is 0.0702 e. The molecule has 3 nitrogen and oxygen atoms in total. The SMILES string of the molecule is CCCC(C)C(NN)c1cnc2ccccc2c1. The van der Waals surface area contributed by atoms with Gasteiger partial charge in [-0.1, -0.05) is 38.5 Å². The van der Waals surface area contributed by atoms with Crippen LogP contribution in [0, 0.1) is 5.92 Å². The summed E-state index contributed by atoms with van der Waals surface area (Å²) in [5.41, 5.74) is 5.12. The number of hydrogen-bond donors (Lipinski definition) is 2. The molecule has 0 aliphatic rings. The molecule has 0 aliphatic carbocycles. The number of nitrogens with one attached hydrogen (secondary N) is 1. The fraction of sp³-hybridized carbons (Fsp3) is 0.400. The maximum absolute atomic E-state index is 5.70. The van der Waals surface area contributed by atoms with Crippen molar-refractivity contribution < 1.29 is 0 Å². The quantitative estimate of drug-likeness (QED) is 0.626. The molecule has 0 fully saturated rings. The Morgan fingerprint density at radius 3 is 2.83 bits per heavy atom. The third kappa shape index (κ3) is 2.68. The van der Waals surface area contributed by atoms with Crippen LogP contribution in [0.25, 0.3) is 10.9 Å². The Labute approximate surface area is 108 Å². The number of pyridine rings is 1. The lowest BCUT2D eigenvalue weighted by Crippen LogP contribution is -2.32. The minimum Gasteiger partial charge on any atom is -0.271 e. The number of hydrazine groups is 1. The van der Waals surface area contributed by atoms with E-state index in [0.717, 1.165) is 17.5 Å². The Morgan fingerprint density at radius 1 is 1.33 bits per heavy atom. The largest absolute Gasteiger partial charge is 0.271 e. The van der Waals surface area contributed by atoms with E-state index in [1.54, 1.807) is 0 Å². The molecule has 0 saturated carbocycles. The Morgan fingerprint density at radius 2 is 2.11 bits per heavy atom. The van der Waals surface area contributed by atoms with E-state index in [-0.39, 0.29) is 6.04 Å². The summed E-state index contributed by atoms with van der Waals surface area (Å²) in [6.45, 7) is 4.42. The molecular formula is C15H21N3. The first-order chi connectivity index (χ1) is 8.76. The van der Waals surface area contributed by atoms with Crippen LogP contribution in [0.1, 0.15) is 38.3 Å². The second kappa shape index (κ2) is 5.94. The number of nitrogens with two attached hydrogens (primary N) is 1. The van der Waals surface area contributed by atoms with Crippen molar-refractivity contribution in [3.05, 3.63) is 42.1 Å². The molecule has 18 heavy (non-hydrogen) atoms. The molecule has 2 aromatic rings. The highest BCUT2D eigenvalue weighted by Gasteiger charge is 2.17. The molecule has 1 aromatic carbocycles. The average Bonchev–Trinajstić information content (AvgIpc) is 2.40. The predicted octanol–water partition coefficient (Wildman–Crippen LogP) is 3.18. The molecule has 1 aromatic heterocycles. The van der Waals surface area contributed by atoms with Crippen LogP contribution < -0.4 is 11.3 Å². The molecule has 0 amide bonds. The van der Waals surface area contributed by atoms with Crippen molar-refractivity contribution in [3.63, 3.8) is 0 Å². The lowest BCUT2D eigenvalue weighted by molar-refractivity contribution is 0.368. The van der Waals surface area contributed by atoms with Gasteiger partial charge in [-0.25, -0.2) is 0 Å². The van der Waals surface area contributed by atoms with Crippen LogP contribution in [0.4, 0.5) is 0 Å². The standard InChI is InChI=1S/C15H21N3/c1-3-6-11(2)15(18-16)13-9-12-7-4-5-8-14(12)17-10-13/h4-5,7-11,15,18H,3,6,16H2,1-2H3. The zero-order valence-electron chi connectivity index (χ0n) is 11.1. The van der Waals surface area contributed by atoms with E-state index in [0.29, 0.717) is 5.92 Å². The molecule has 0 aliphatic heterocycles. The number of rotatable bonds is 5. The summed E-state index contributed by atoms with van der Waals surface area (Å²) in [6.07, 6.45) is 4.25. The van der Waals surface area contributed by atoms with E-state index in [9.17, 15) is 0 Å². The van der Waals surface area contributed by atoms with Gasteiger partial charge in [0.05, 0.1) is 11.6 Å². The van der Waals surface area contributed by atoms with Crippen molar-refractivity contribution in [2.75, 3.05) is 0 Å². The summed E-state index contributed by atoms with van der Waals surface area (Å²) >= 11 is 0. The molecular weight excluding hydrogens is 222 g/mol. The van der Waals surface area contributed by atoms with Gasteiger partial charge in [0.1, 0.15) is 0 Å². The summed E-state index contributed by atoms with van der Waals surface area (Å²) in [5.74, 6) is 6.21. The molecule has 3 heteroatoms. The molecule has 3 N–H and O–H groups in total. The van der Waals surface area contributed by atoms with Gasteiger partial charge in [-0.3, -0.25) is 16.3 Å².